The van der Waals surface area contributed by atoms with Gasteiger partial charge in [0.2, 0.25) is 0 Å². The SMILES string of the molecule is CCCNC(c1cccc(OC)c1)C(C)C1CC1. The van der Waals surface area contributed by atoms with Crippen LogP contribution in [-0.4, -0.2) is 13.7 Å². The minimum Gasteiger partial charge on any atom is -0.497 e. The molecule has 2 nitrogen and oxygen atoms in total. The summed E-state index contributed by atoms with van der Waals surface area (Å²) in [5.41, 5.74) is 1.36. The molecule has 1 aliphatic rings. The Labute approximate surface area is 111 Å². The molecule has 1 aromatic rings. The van der Waals surface area contributed by atoms with E-state index in [1.54, 1.807) is 7.11 Å². The van der Waals surface area contributed by atoms with E-state index in [1.807, 2.05) is 6.07 Å². The fourth-order valence-electron chi connectivity index (χ4n) is 2.64. The van der Waals surface area contributed by atoms with Gasteiger partial charge < -0.3 is 10.1 Å². The van der Waals surface area contributed by atoms with Gasteiger partial charge in [-0.3, -0.25) is 0 Å². The standard InChI is InChI=1S/C16H25NO/c1-4-10-17-16(12(2)13-8-9-13)14-6-5-7-15(11-14)18-3/h5-7,11-13,16-17H,4,8-10H2,1-3H3. The quantitative estimate of drug-likeness (QED) is 0.791. The van der Waals surface area contributed by atoms with Crippen molar-refractivity contribution in [2.75, 3.05) is 13.7 Å². The van der Waals surface area contributed by atoms with Crippen molar-refractivity contribution < 1.29 is 4.74 Å². The fourth-order valence-corrected chi connectivity index (χ4v) is 2.64. The Morgan fingerprint density at radius 1 is 1.39 bits per heavy atom. The summed E-state index contributed by atoms with van der Waals surface area (Å²) < 4.78 is 5.34. The van der Waals surface area contributed by atoms with Crippen LogP contribution in [0.25, 0.3) is 0 Å². The van der Waals surface area contributed by atoms with E-state index in [1.165, 1.54) is 24.8 Å². The fraction of sp³-hybridized carbons (Fsp3) is 0.625. The topological polar surface area (TPSA) is 21.3 Å². The first-order chi connectivity index (χ1) is 8.76. The molecule has 0 radical (unpaired) electrons. The predicted molar refractivity (Wildman–Crippen MR) is 75.9 cm³/mol. The van der Waals surface area contributed by atoms with Crippen LogP contribution in [0.3, 0.4) is 0 Å². The lowest BCUT2D eigenvalue weighted by Crippen LogP contribution is -2.28. The van der Waals surface area contributed by atoms with Crippen molar-refractivity contribution in [3.63, 3.8) is 0 Å². The van der Waals surface area contributed by atoms with Gasteiger partial charge in [-0.1, -0.05) is 26.0 Å². The molecular formula is C16H25NO. The summed E-state index contributed by atoms with van der Waals surface area (Å²) >= 11 is 0. The lowest BCUT2D eigenvalue weighted by atomic mass is 9.90. The summed E-state index contributed by atoms with van der Waals surface area (Å²) in [4.78, 5) is 0. The average molecular weight is 247 g/mol. The number of benzene rings is 1. The lowest BCUT2D eigenvalue weighted by molar-refractivity contribution is 0.347. The first-order valence-electron chi connectivity index (χ1n) is 7.13. The van der Waals surface area contributed by atoms with Crippen LogP contribution >= 0.6 is 0 Å². The van der Waals surface area contributed by atoms with Crippen molar-refractivity contribution >= 4 is 0 Å². The second kappa shape index (κ2) is 6.24. The molecule has 0 aromatic heterocycles. The van der Waals surface area contributed by atoms with Gasteiger partial charge in [0, 0.05) is 6.04 Å². The molecule has 1 N–H and O–H groups in total. The normalized spacial score (nSPS) is 18.4. The molecule has 2 rings (SSSR count). The smallest absolute Gasteiger partial charge is 0.119 e. The maximum Gasteiger partial charge on any atom is 0.119 e. The number of nitrogens with one attached hydrogen (secondary N) is 1. The highest BCUT2D eigenvalue weighted by molar-refractivity contribution is 5.31. The van der Waals surface area contributed by atoms with E-state index >= 15 is 0 Å². The number of hydrogen-bond donors (Lipinski definition) is 1. The largest absolute Gasteiger partial charge is 0.497 e. The van der Waals surface area contributed by atoms with Crippen molar-refractivity contribution in [1.29, 1.82) is 0 Å². The second-order valence-corrected chi connectivity index (χ2v) is 5.40. The van der Waals surface area contributed by atoms with E-state index in [2.05, 4.69) is 37.4 Å². The predicted octanol–water partition coefficient (Wildman–Crippen LogP) is 3.78. The molecule has 18 heavy (non-hydrogen) atoms. The van der Waals surface area contributed by atoms with Crippen LogP contribution in [0.1, 0.15) is 44.7 Å². The van der Waals surface area contributed by atoms with Gasteiger partial charge in [-0.15, -0.1) is 0 Å². The van der Waals surface area contributed by atoms with Gasteiger partial charge in [0.25, 0.3) is 0 Å². The van der Waals surface area contributed by atoms with E-state index in [0.29, 0.717) is 12.0 Å². The Morgan fingerprint density at radius 2 is 2.17 bits per heavy atom. The van der Waals surface area contributed by atoms with Crippen molar-refractivity contribution in [2.45, 2.75) is 39.2 Å². The number of hydrogen-bond acceptors (Lipinski definition) is 2. The zero-order valence-corrected chi connectivity index (χ0v) is 11.8. The van der Waals surface area contributed by atoms with Crippen LogP contribution < -0.4 is 10.1 Å². The molecule has 1 saturated carbocycles. The van der Waals surface area contributed by atoms with E-state index in [9.17, 15) is 0 Å². The summed E-state index contributed by atoms with van der Waals surface area (Å²) in [6, 6.07) is 8.96. The highest BCUT2D eigenvalue weighted by Gasteiger charge is 2.33. The Hall–Kier alpha value is -1.02. The maximum absolute atomic E-state index is 5.34. The highest BCUT2D eigenvalue weighted by Crippen LogP contribution is 2.42. The molecule has 100 valence electrons. The summed E-state index contributed by atoms with van der Waals surface area (Å²) in [7, 11) is 1.73. The molecule has 2 atom stereocenters. The van der Waals surface area contributed by atoms with Crippen LogP contribution in [0, 0.1) is 11.8 Å². The molecule has 0 heterocycles. The zero-order chi connectivity index (χ0) is 13.0. The van der Waals surface area contributed by atoms with Gasteiger partial charge in [0.05, 0.1) is 7.11 Å². The molecule has 0 bridgehead atoms. The molecular weight excluding hydrogens is 222 g/mol. The van der Waals surface area contributed by atoms with Crippen molar-refractivity contribution in [3.8, 4) is 5.75 Å². The third-order valence-corrected chi connectivity index (χ3v) is 3.96. The summed E-state index contributed by atoms with van der Waals surface area (Å²) in [6.07, 6.45) is 3.97. The lowest BCUT2D eigenvalue weighted by Gasteiger charge is -2.26. The van der Waals surface area contributed by atoms with E-state index < -0.39 is 0 Å². The first kappa shape index (κ1) is 13.4. The molecule has 0 amide bonds. The summed E-state index contributed by atoms with van der Waals surface area (Å²) in [5, 5.41) is 3.70. The minimum absolute atomic E-state index is 0.465. The van der Waals surface area contributed by atoms with Gasteiger partial charge in [0.1, 0.15) is 5.75 Å². The van der Waals surface area contributed by atoms with Crippen molar-refractivity contribution in [1.82, 2.24) is 5.32 Å². The minimum atomic E-state index is 0.465. The summed E-state index contributed by atoms with van der Waals surface area (Å²) in [5.74, 6) is 2.58. The maximum atomic E-state index is 5.34. The van der Waals surface area contributed by atoms with Crippen LogP contribution in [0.2, 0.25) is 0 Å². The van der Waals surface area contributed by atoms with Gasteiger partial charge in [0.15, 0.2) is 0 Å². The molecule has 0 aliphatic heterocycles. The summed E-state index contributed by atoms with van der Waals surface area (Å²) in [6.45, 7) is 5.68. The molecule has 2 unspecified atom stereocenters. The molecule has 1 fully saturated rings. The average Bonchev–Trinajstić information content (AvgIpc) is 3.23. The molecule has 0 saturated heterocycles. The van der Waals surface area contributed by atoms with E-state index in [4.69, 9.17) is 4.74 Å². The Kier molecular flexibility index (Phi) is 4.65. The Balaban J connectivity index is 2.14. The third-order valence-electron chi connectivity index (χ3n) is 3.96. The van der Waals surface area contributed by atoms with Crippen LogP contribution in [0.5, 0.6) is 5.75 Å². The first-order valence-corrected chi connectivity index (χ1v) is 7.13. The third kappa shape index (κ3) is 3.26. The van der Waals surface area contributed by atoms with Crippen LogP contribution in [-0.2, 0) is 0 Å². The second-order valence-electron chi connectivity index (χ2n) is 5.40. The van der Waals surface area contributed by atoms with Gasteiger partial charge in [-0.25, -0.2) is 0 Å². The molecule has 2 heteroatoms. The van der Waals surface area contributed by atoms with Crippen molar-refractivity contribution in [2.24, 2.45) is 11.8 Å². The number of methoxy groups -OCH3 is 1. The number of ether oxygens (including phenoxy) is 1. The highest BCUT2D eigenvalue weighted by atomic mass is 16.5. The van der Waals surface area contributed by atoms with Crippen LogP contribution in [0.4, 0.5) is 0 Å². The van der Waals surface area contributed by atoms with Gasteiger partial charge >= 0.3 is 0 Å². The Bertz CT molecular complexity index is 373. The molecule has 0 spiro atoms. The van der Waals surface area contributed by atoms with Gasteiger partial charge in [-0.2, -0.15) is 0 Å². The molecule has 1 aromatic carbocycles. The van der Waals surface area contributed by atoms with E-state index in [-0.39, 0.29) is 0 Å². The van der Waals surface area contributed by atoms with Crippen LogP contribution in [0.15, 0.2) is 24.3 Å². The number of rotatable bonds is 7. The molecule has 1 aliphatic carbocycles. The Morgan fingerprint density at radius 3 is 2.78 bits per heavy atom. The van der Waals surface area contributed by atoms with Gasteiger partial charge in [-0.05, 0) is 55.3 Å². The van der Waals surface area contributed by atoms with E-state index in [0.717, 1.165) is 18.2 Å². The van der Waals surface area contributed by atoms with Crippen molar-refractivity contribution in [3.05, 3.63) is 29.8 Å². The monoisotopic (exact) mass is 247 g/mol. The zero-order valence-electron chi connectivity index (χ0n) is 11.8.